The summed E-state index contributed by atoms with van der Waals surface area (Å²) in [6.07, 6.45) is 0. The fourth-order valence-corrected chi connectivity index (χ4v) is 2.51. The first-order valence-electron chi connectivity index (χ1n) is 7.22. The number of hydrogen-bond donors (Lipinski definition) is 0. The molecule has 0 radical (unpaired) electrons. The molecular formula is C16H21N3O2. The Bertz CT molecular complexity index is 634. The molecule has 0 saturated heterocycles. The second-order valence-electron chi connectivity index (χ2n) is 4.89. The third-order valence-electron chi connectivity index (χ3n) is 3.56. The Morgan fingerprint density at radius 1 is 1.24 bits per heavy atom. The zero-order chi connectivity index (χ0) is 15.4. The fraction of sp³-hybridized carbons (Fsp3) is 0.438. The lowest BCUT2D eigenvalue weighted by Crippen LogP contribution is -2.22. The van der Waals surface area contributed by atoms with Gasteiger partial charge in [0.1, 0.15) is 11.7 Å². The van der Waals surface area contributed by atoms with Gasteiger partial charge in [-0.25, -0.2) is 0 Å². The topological polar surface area (TPSA) is 57.0 Å². The number of aromatic nitrogens is 3. The van der Waals surface area contributed by atoms with Crippen LogP contribution >= 0.6 is 0 Å². The van der Waals surface area contributed by atoms with Gasteiger partial charge in [0.2, 0.25) is 0 Å². The minimum atomic E-state index is -0.535. The zero-order valence-corrected chi connectivity index (χ0v) is 13.0. The highest BCUT2D eigenvalue weighted by molar-refractivity contribution is 5.81. The number of benzene rings is 1. The molecule has 0 aliphatic carbocycles. The Hall–Kier alpha value is -2.17. The van der Waals surface area contributed by atoms with E-state index in [1.807, 2.05) is 56.5 Å². The number of carbonyl (C=O) groups excluding carboxylic acids is 1. The summed E-state index contributed by atoms with van der Waals surface area (Å²) in [4.78, 5) is 12.5. The van der Waals surface area contributed by atoms with Crippen molar-refractivity contribution in [2.75, 3.05) is 6.61 Å². The van der Waals surface area contributed by atoms with E-state index >= 15 is 0 Å². The van der Waals surface area contributed by atoms with Gasteiger partial charge in [-0.15, -0.1) is 10.2 Å². The molecule has 0 N–H and O–H groups in total. The summed E-state index contributed by atoms with van der Waals surface area (Å²) in [6.45, 7) is 8.76. The van der Waals surface area contributed by atoms with Crippen molar-refractivity contribution in [3.05, 3.63) is 47.0 Å². The molecule has 0 spiro atoms. The molecule has 2 rings (SSSR count). The standard InChI is InChI=1S/C16H21N3O2/c1-5-19-12(4)17-18-15(19)14(16(20)21-6-2)13-10-8-7-9-11(13)3/h7-10,14H,5-6H2,1-4H3. The van der Waals surface area contributed by atoms with Gasteiger partial charge in [-0.05, 0) is 38.8 Å². The third kappa shape index (κ3) is 2.96. The van der Waals surface area contributed by atoms with E-state index in [2.05, 4.69) is 10.2 Å². The van der Waals surface area contributed by atoms with Crippen LogP contribution in [0.15, 0.2) is 24.3 Å². The lowest BCUT2D eigenvalue weighted by atomic mass is 9.94. The SMILES string of the molecule is CCOC(=O)C(c1ccccc1C)c1nnc(C)n1CC. The molecule has 5 heteroatoms. The number of hydrogen-bond acceptors (Lipinski definition) is 4. The van der Waals surface area contributed by atoms with Gasteiger partial charge in [0.15, 0.2) is 5.82 Å². The van der Waals surface area contributed by atoms with E-state index < -0.39 is 5.92 Å². The molecule has 1 atom stereocenters. The fourth-order valence-electron chi connectivity index (χ4n) is 2.51. The predicted molar refractivity (Wildman–Crippen MR) is 80.1 cm³/mol. The van der Waals surface area contributed by atoms with Crippen LogP contribution in [-0.4, -0.2) is 27.3 Å². The maximum absolute atomic E-state index is 12.5. The Balaban J connectivity index is 2.56. The molecule has 1 aromatic heterocycles. The highest BCUT2D eigenvalue weighted by Crippen LogP contribution is 2.28. The van der Waals surface area contributed by atoms with Crippen LogP contribution < -0.4 is 0 Å². The lowest BCUT2D eigenvalue weighted by molar-refractivity contribution is -0.144. The number of aryl methyl sites for hydroxylation is 2. The van der Waals surface area contributed by atoms with Crippen LogP contribution in [0.2, 0.25) is 0 Å². The van der Waals surface area contributed by atoms with E-state index in [0.717, 1.165) is 23.5 Å². The summed E-state index contributed by atoms with van der Waals surface area (Å²) in [5.41, 5.74) is 1.96. The average molecular weight is 287 g/mol. The van der Waals surface area contributed by atoms with E-state index in [-0.39, 0.29) is 5.97 Å². The molecule has 1 aromatic carbocycles. The highest BCUT2D eigenvalue weighted by Gasteiger charge is 2.30. The van der Waals surface area contributed by atoms with Gasteiger partial charge in [-0.1, -0.05) is 24.3 Å². The van der Waals surface area contributed by atoms with E-state index in [4.69, 9.17) is 4.74 Å². The lowest BCUT2D eigenvalue weighted by Gasteiger charge is -2.18. The Kier molecular flexibility index (Phi) is 4.73. The van der Waals surface area contributed by atoms with Crippen molar-refractivity contribution in [3.8, 4) is 0 Å². The van der Waals surface area contributed by atoms with Crippen LogP contribution in [0.1, 0.15) is 42.5 Å². The third-order valence-corrected chi connectivity index (χ3v) is 3.56. The summed E-state index contributed by atoms with van der Waals surface area (Å²) < 4.78 is 7.21. The van der Waals surface area contributed by atoms with Gasteiger partial charge in [-0.2, -0.15) is 0 Å². The highest BCUT2D eigenvalue weighted by atomic mass is 16.5. The van der Waals surface area contributed by atoms with Gasteiger partial charge < -0.3 is 9.30 Å². The summed E-state index contributed by atoms with van der Waals surface area (Å²) in [6, 6.07) is 7.81. The molecule has 5 nitrogen and oxygen atoms in total. The molecule has 0 saturated carbocycles. The van der Waals surface area contributed by atoms with Crippen LogP contribution in [0.25, 0.3) is 0 Å². The van der Waals surface area contributed by atoms with Gasteiger partial charge >= 0.3 is 5.97 Å². The second-order valence-corrected chi connectivity index (χ2v) is 4.89. The molecule has 0 aliphatic rings. The van der Waals surface area contributed by atoms with Crippen LogP contribution in [0, 0.1) is 13.8 Å². The summed E-state index contributed by atoms with van der Waals surface area (Å²) >= 11 is 0. The molecule has 0 fully saturated rings. The van der Waals surface area contributed by atoms with Gasteiger partial charge in [0.25, 0.3) is 0 Å². The van der Waals surface area contributed by atoms with Crippen molar-refractivity contribution in [1.29, 1.82) is 0 Å². The largest absolute Gasteiger partial charge is 0.465 e. The first kappa shape index (κ1) is 15.2. The molecular weight excluding hydrogens is 266 g/mol. The minimum absolute atomic E-state index is 0.283. The Morgan fingerprint density at radius 3 is 2.57 bits per heavy atom. The van der Waals surface area contributed by atoms with Crippen molar-refractivity contribution >= 4 is 5.97 Å². The zero-order valence-electron chi connectivity index (χ0n) is 13.0. The van der Waals surface area contributed by atoms with Crippen molar-refractivity contribution < 1.29 is 9.53 Å². The van der Waals surface area contributed by atoms with Crippen LogP contribution in [0.5, 0.6) is 0 Å². The van der Waals surface area contributed by atoms with Crippen molar-refractivity contribution in [2.45, 2.75) is 40.2 Å². The van der Waals surface area contributed by atoms with Gasteiger partial charge in [-0.3, -0.25) is 4.79 Å². The van der Waals surface area contributed by atoms with Crippen molar-refractivity contribution in [2.24, 2.45) is 0 Å². The van der Waals surface area contributed by atoms with E-state index in [1.54, 1.807) is 0 Å². The van der Waals surface area contributed by atoms with E-state index in [0.29, 0.717) is 12.4 Å². The first-order chi connectivity index (χ1) is 10.1. The monoisotopic (exact) mass is 287 g/mol. The van der Waals surface area contributed by atoms with Crippen LogP contribution in [0.3, 0.4) is 0 Å². The molecule has 0 amide bonds. The molecule has 21 heavy (non-hydrogen) atoms. The number of ether oxygens (including phenoxy) is 1. The number of carbonyl (C=O) groups is 1. The minimum Gasteiger partial charge on any atom is -0.465 e. The number of esters is 1. The van der Waals surface area contributed by atoms with Gasteiger partial charge in [0, 0.05) is 6.54 Å². The maximum atomic E-state index is 12.5. The molecule has 1 unspecified atom stereocenters. The van der Waals surface area contributed by atoms with E-state index in [9.17, 15) is 4.79 Å². The number of nitrogens with zero attached hydrogens (tertiary/aromatic N) is 3. The summed E-state index contributed by atoms with van der Waals surface area (Å²) in [5.74, 6) is 0.624. The molecule has 112 valence electrons. The predicted octanol–water partition coefficient (Wildman–Crippen LogP) is 2.61. The Labute approximate surface area is 125 Å². The molecule has 0 bridgehead atoms. The molecule has 2 aromatic rings. The van der Waals surface area contributed by atoms with Crippen LogP contribution in [-0.2, 0) is 16.1 Å². The summed E-state index contributed by atoms with van der Waals surface area (Å²) in [7, 11) is 0. The quantitative estimate of drug-likeness (QED) is 0.793. The normalized spacial score (nSPS) is 12.2. The first-order valence-corrected chi connectivity index (χ1v) is 7.22. The average Bonchev–Trinajstić information content (AvgIpc) is 2.82. The van der Waals surface area contributed by atoms with Gasteiger partial charge in [0.05, 0.1) is 6.61 Å². The Morgan fingerprint density at radius 2 is 1.95 bits per heavy atom. The smallest absolute Gasteiger partial charge is 0.321 e. The second kappa shape index (κ2) is 6.52. The van der Waals surface area contributed by atoms with Crippen molar-refractivity contribution in [3.63, 3.8) is 0 Å². The van der Waals surface area contributed by atoms with Crippen molar-refractivity contribution in [1.82, 2.24) is 14.8 Å². The maximum Gasteiger partial charge on any atom is 0.321 e. The van der Waals surface area contributed by atoms with Crippen LogP contribution in [0.4, 0.5) is 0 Å². The molecule has 1 heterocycles. The summed E-state index contributed by atoms with van der Waals surface area (Å²) in [5, 5.41) is 8.33. The number of rotatable bonds is 5. The van der Waals surface area contributed by atoms with E-state index in [1.165, 1.54) is 0 Å². The molecule has 0 aliphatic heterocycles.